The van der Waals surface area contributed by atoms with Crippen molar-refractivity contribution in [2.75, 3.05) is 16.8 Å². The van der Waals surface area contributed by atoms with Crippen molar-refractivity contribution >= 4 is 28.8 Å². The average Bonchev–Trinajstić information content (AvgIpc) is 3.43. The van der Waals surface area contributed by atoms with Crippen LogP contribution in [-0.4, -0.2) is 17.0 Å². The Kier molecular flexibility index (Phi) is 8.43. The summed E-state index contributed by atoms with van der Waals surface area (Å²) in [4.78, 5) is 16.2. The largest absolute Gasteiger partial charge is 0.504 e. The monoisotopic (exact) mass is 824 g/mol. The molecule has 0 aliphatic carbocycles. The number of rotatable bonds is 5. The molecule has 0 spiro atoms. The van der Waals surface area contributed by atoms with Gasteiger partial charge in [0.05, 0.1) is 11.1 Å². The third kappa shape index (κ3) is 5.41. The second-order valence-electron chi connectivity index (χ2n) is 12.9. The summed E-state index contributed by atoms with van der Waals surface area (Å²) >= 11 is 1.80. The van der Waals surface area contributed by atoms with Crippen molar-refractivity contribution < 1.29 is 25.8 Å². The SMILES string of the molecule is CN1[CH-]N(c2[c-]c(Oc3[c-]c(C4(c5cc(C(C)(C)C)ccn5)c5ccccc5Sc5ccccc54)ccc3)ncc2)c2ccccc21.[Pt]. The van der Waals surface area contributed by atoms with Crippen LogP contribution in [0.5, 0.6) is 11.6 Å². The van der Waals surface area contributed by atoms with Crippen molar-refractivity contribution in [3.63, 3.8) is 0 Å². The van der Waals surface area contributed by atoms with Gasteiger partial charge < -0.3 is 14.5 Å². The average molecular weight is 825 g/mol. The molecular formula is C41H33N4OPtS-3. The number of nitrogens with zero attached hydrogens (tertiary/aromatic N) is 4. The minimum Gasteiger partial charge on any atom is -0.504 e. The summed E-state index contributed by atoms with van der Waals surface area (Å²) in [5.74, 6) is 0.934. The maximum Gasteiger partial charge on any atom is 0.123 e. The second-order valence-corrected chi connectivity index (χ2v) is 14.0. The third-order valence-corrected chi connectivity index (χ3v) is 10.1. The van der Waals surface area contributed by atoms with Gasteiger partial charge in [0.1, 0.15) is 5.88 Å². The van der Waals surface area contributed by atoms with E-state index >= 15 is 0 Å². The molecule has 5 nitrogen and oxygen atoms in total. The maximum atomic E-state index is 6.46. The fourth-order valence-electron chi connectivity index (χ4n) is 6.64. The van der Waals surface area contributed by atoms with Gasteiger partial charge in [-0.2, -0.15) is 36.6 Å². The van der Waals surface area contributed by atoms with Crippen molar-refractivity contribution in [3.8, 4) is 11.6 Å². The van der Waals surface area contributed by atoms with Crippen LogP contribution in [0.1, 0.15) is 48.7 Å². The van der Waals surface area contributed by atoms with Crippen molar-refractivity contribution in [3.05, 3.63) is 168 Å². The van der Waals surface area contributed by atoms with Crippen LogP contribution in [0.4, 0.5) is 17.1 Å². The molecule has 0 fully saturated rings. The molecule has 7 heteroatoms. The number of aromatic nitrogens is 2. The smallest absolute Gasteiger partial charge is 0.123 e. The van der Waals surface area contributed by atoms with Crippen LogP contribution in [0, 0.1) is 18.8 Å². The molecule has 0 saturated heterocycles. The van der Waals surface area contributed by atoms with Crippen LogP contribution in [0.15, 0.2) is 131 Å². The number of ether oxygens (including phenoxy) is 1. The van der Waals surface area contributed by atoms with Crippen LogP contribution in [0.25, 0.3) is 0 Å². The second kappa shape index (κ2) is 12.6. The maximum absolute atomic E-state index is 6.46. The first-order valence-corrected chi connectivity index (χ1v) is 16.5. The van der Waals surface area contributed by atoms with Gasteiger partial charge in [0.25, 0.3) is 0 Å². The minimum atomic E-state index is -0.725. The molecule has 48 heavy (non-hydrogen) atoms. The molecule has 0 atom stereocenters. The number of para-hydroxylation sites is 2. The fourth-order valence-corrected chi connectivity index (χ4v) is 7.83. The van der Waals surface area contributed by atoms with Gasteiger partial charge in [0.2, 0.25) is 0 Å². The number of anilines is 3. The molecule has 8 rings (SSSR count). The van der Waals surface area contributed by atoms with Crippen molar-refractivity contribution in [2.24, 2.45) is 0 Å². The quantitative estimate of drug-likeness (QED) is 0.161. The molecule has 2 aromatic heterocycles. The van der Waals surface area contributed by atoms with Gasteiger partial charge in [0, 0.05) is 54.2 Å². The molecule has 2 aliphatic heterocycles. The van der Waals surface area contributed by atoms with Crippen LogP contribution >= 0.6 is 11.8 Å². The molecule has 0 bridgehead atoms. The molecule has 4 heterocycles. The topological polar surface area (TPSA) is 41.5 Å². The summed E-state index contributed by atoms with van der Waals surface area (Å²) in [5.41, 5.74) is 7.76. The number of benzene rings is 4. The van der Waals surface area contributed by atoms with E-state index in [4.69, 9.17) is 9.72 Å². The Labute approximate surface area is 301 Å². The van der Waals surface area contributed by atoms with Crippen molar-refractivity contribution in [2.45, 2.75) is 41.4 Å². The summed E-state index contributed by atoms with van der Waals surface area (Å²) in [6.45, 7) is 8.77. The van der Waals surface area contributed by atoms with E-state index in [0.29, 0.717) is 11.6 Å². The molecule has 242 valence electrons. The fraction of sp³-hybridized carbons (Fsp3) is 0.146. The predicted molar refractivity (Wildman–Crippen MR) is 189 cm³/mol. The van der Waals surface area contributed by atoms with Gasteiger partial charge in [-0.1, -0.05) is 81.1 Å². The van der Waals surface area contributed by atoms with Gasteiger partial charge in [-0.15, -0.1) is 17.7 Å². The summed E-state index contributed by atoms with van der Waals surface area (Å²) in [6.07, 6.45) is 3.70. The molecule has 0 saturated carbocycles. The number of fused-ring (bicyclic) bond motifs is 3. The van der Waals surface area contributed by atoms with Gasteiger partial charge in [-0.25, -0.2) is 0 Å². The van der Waals surface area contributed by atoms with Gasteiger partial charge in [0.15, 0.2) is 0 Å². The molecule has 0 radical (unpaired) electrons. The van der Waals surface area contributed by atoms with Crippen molar-refractivity contribution in [1.82, 2.24) is 9.97 Å². The first-order chi connectivity index (χ1) is 22.8. The number of pyridine rings is 2. The Morgan fingerprint density at radius 2 is 1.42 bits per heavy atom. The number of hydrogen-bond acceptors (Lipinski definition) is 6. The van der Waals surface area contributed by atoms with E-state index in [9.17, 15) is 0 Å². The summed E-state index contributed by atoms with van der Waals surface area (Å²) < 4.78 is 6.46. The molecule has 0 amide bonds. The first-order valence-electron chi connectivity index (χ1n) is 15.7. The molecule has 4 aromatic carbocycles. The standard InChI is InChI=1S/C41H33N4OS.Pt/c1-40(2,3)28-20-22-42-38(25-28)41(32-14-5-9-18-36(32)47-37-19-10-6-15-33(37)41)29-12-11-13-31(24-29)46-39-26-30(21-23-43-39)45-27-44(4)34-16-7-8-17-35(34)45;/h5-23,25,27H,1-4H3;/q-3;. The molecule has 0 unspecified atom stereocenters. The van der Waals surface area contributed by atoms with Gasteiger partial charge in [-0.05, 0) is 71.7 Å². The molecule has 2 aliphatic rings. The zero-order valence-electron chi connectivity index (χ0n) is 27.0. The van der Waals surface area contributed by atoms with E-state index in [1.54, 1.807) is 18.0 Å². The van der Waals surface area contributed by atoms with E-state index in [1.165, 1.54) is 26.5 Å². The van der Waals surface area contributed by atoms with E-state index in [0.717, 1.165) is 28.3 Å². The van der Waals surface area contributed by atoms with E-state index in [2.05, 4.69) is 127 Å². The Morgan fingerprint density at radius 1 is 0.750 bits per heavy atom. The number of hydrogen-bond donors (Lipinski definition) is 0. The predicted octanol–water partition coefficient (Wildman–Crippen LogP) is 9.72. The molecule has 6 aromatic rings. The van der Waals surface area contributed by atoms with Crippen LogP contribution < -0.4 is 14.5 Å². The zero-order chi connectivity index (χ0) is 32.2. The van der Waals surface area contributed by atoms with Crippen LogP contribution in [-0.2, 0) is 31.9 Å². The summed E-state index contributed by atoms with van der Waals surface area (Å²) in [6, 6.07) is 45.1. The molecular weight excluding hydrogens is 792 g/mol. The Balaban J connectivity index is 0.00000364. The Bertz CT molecular complexity index is 2080. The first kappa shape index (κ1) is 32.2. The van der Waals surface area contributed by atoms with Gasteiger partial charge >= 0.3 is 0 Å². The van der Waals surface area contributed by atoms with E-state index in [1.807, 2.05) is 50.2 Å². The van der Waals surface area contributed by atoms with E-state index in [-0.39, 0.29) is 26.5 Å². The van der Waals surface area contributed by atoms with E-state index < -0.39 is 5.41 Å². The zero-order valence-corrected chi connectivity index (χ0v) is 30.1. The van der Waals surface area contributed by atoms with Crippen molar-refractivity contribution in [1.29, 1.82) is 0 Å². The molecule has 0 N–H and O–H groups in total. The Hall–Kier alpha value is -4.38. The summed E-state index contributed by atoms with van der Waals surface area (Å²) in [5, 5.41) is 0. The van der Waals surface area contributed by atoms with Crippen LogP contribution in [0.3, 0.4) is 0 Å². The minimum absolute atomic E-state index is 0. The normalized spacial score (nSPS) is 14.4. The summed E-state index contributed by atoms with van der Waals surface area (Å²) in [7, 11) is 2.04. The van der Waals surface area contributed by atoms with Gasteiger partial charge in [-0.3, -0.25) is 9.97 Å². The van der Waals surface area contributed by atoms with Crippen LogP contribution in [0.2, 0.25) is 0 Å². The Morgan fingerprint density at radius 3 is 2.15 bits per heavy atom. The third-order valence-electron chi connectivity index (χ3n) is 8.92.